The van der Waals surface area contributed by atoms with Crippen molar-refractivity contribution in [3.05, 3.63) is 76.6 Å². The van der Waals surface area contributed by atoms with Gasteiger partial charge in [0.25, 0.3) is 5.56 Å². The van der Waals surface area contributed by atoms with Crippen LogP contribution in [-0.4, -0.2) is 9.72 Å². The summed E-state index contributed by atoms with van der Waals surface area (Å²) in [6.07, 6.45) is 0. The molecular formula is C20H15BrN2O2. The average Bonchev–Trinajstić information content (AvgIpc) is 3.09. The molecule has 4 nitrogen and oxygen atoms in total. The van der Waals surface area contributed by atoms with Gasteiger partial charge in [-0.15, -0.1) is 0 Å². The number of rotatable bonds is 3. The molecule has 0 unspecified atom stereocenters. The molecule has 2 heterocycles. The third kappa shape index (κ3) is 2.70. The van der Waals surface area contributed by atoms with Crippen LogP contribution in [-0.2, 0) is 12.4 Å². The Balaban J connectivity index is 1.96. The Kier molecular flexibility index (Phi) is 4.01. The molecule has 0 saturated carbocycles. The summed E-state index contributed by atoms with van der Waals surface area (Å²) in [6.45, 7) is 0. The van der Waals surface area contributed by atoms with Crippen molar-refractivity contribution in [2.24, 2.45) is 7.05 Å². The van der Waals surface area contributed by atoms with Gasteiger partial charge in [-0.25, -0.2) is 0 Å². The van der Waals surface area contributed by atoms with E-state index in [1.54, 1.807) is 11.6 Å². The molecule has 0 fully saturated rings. The van der Waals surface area contributed by atoms with Gasteiger partial charge >= 0.3 is 0 Å². The molecule has 4 rings (SSSR count). The fourth-order valence-electron chi connectivity index (χ4n) is 2.99. The number of aromatic nitrogens is 2. The Bertz CT molecular complexity index is 1110. The third-order valence-corrected chi connectivity index (χ3v) is 4.94. The lowest BCUT2D eigenvalue weighted by molar-refractivity contribution is 0.459. The lowest BCUT2D eigenvalue weighted by Crippen LogP contribution is -2.18. The zero-order valence-corrected chi connectivity index (χ0v) is 15.2. The molecule has 25 heavy (non-hydrogen) atoms. The number of hydrogen-bond donors (Lipinski definition) is 0. The van der Waals surface area contributed by atoms with E-state index in [2.05, 4.69) is 27.2 Å². The highest BCUT2D eigenvalue weighted by atomic mass is 79.9. The van der Waals surface area contributed by atoms with Crippen LogP contribution in [0.3, 0.4) is 0 Å². The number of fused-ring (bicyclic) bond motifs is 1. The topological polar surface area (TPSA) is 48.0 Å². The van der Waals surface area contributed by atoms with E-state index in [0.29, 0.717) is 16.7 Å². The quantitative estimate of drug-likeness (QED) is 0.470. The number of hydrogen-bond acceptors (Lipinski definition) is 3. The molecule has 0 radical (unpaired) electrons. The van der Waals surface area contributed by atoms with Gasteiger partial charge in [0.2, 0.25) is 0 Å². The molecule has 124 valence electrons. The first kappa shape index (κ1) is 15.8. The highest BCUT2D eigenvalue weighted by Gasteiger charge is 2.18. The van der Waals surface area contributed by atoms with Crippen molar-refractivity contribution in [2.75, 3.05) is 0 Å². The highest BCUT2D eigenvalue weighted by molar-refractivity contribution is 9.08. The molecule has 0 saturated heterocycles. The first-order valence-electron chi connectivity index (χ1n) is 7.89. The summed E-state index contributed by atoms with van der Waals surface area (Å²) in [6, 6.07) is 19.6. The van der Waals surface area contributed by atoms with Crippen LogP contribution < -0.4 is 5.56 Å². The largest absolute Gasteiger partial charge is 0.355 e. The van der Waals surface area contributed by atoms with Gasteiger partial charge in [-0.1, -0.05) is 69.6 Å². The standard InChI is InChI=1S/C20H15BrN2O2/c1-23-16(15-9-5-6-13(10-15)12-21)11-17-18(20(23)24)19(22-25-17)14-7-3-2-4-8-14/h2-11H,12H2,1H3. The van der Waals surface area contributed by atoms with E-state index >= 15 is 0 Å². The molecular weight excluding hydrogens is 380 g/mol. The van der Waals surface area contributed by atoms with Gasteiger partial charge in [0, 0.05) is 24.0 Å². The van der Waals surface area contributed by atoms with Crippen LogP contribution >= 0.6 is 15.9 Å². The molecule has 0 N–H and O–H groups in total. The first-order chi connectivity index (χ1) is 12.2. The summed E-state index contributed by atoms with van der Waals surface area (Å²) in [7, 11) is 1.78. The maximum Gasteiger partial charge on any atom is 0.264 e. The van der Waals surface area contributed by atoms with Crippen molar-refractivity contribution in [2.45, 2.75) is 5.33 Å². The second-order valence-electron chi connectivity index (χ2n) is 5.86. The summed E-state index contributed by atoms with van der Waals surface area (Å²) < 4.78 is 7.14. The lowest BCUT2D eigenvalue weighted by Gasteiger charge is -2.09. The molecule has 2 aromatic carbocycles. The Morgan fingerprint density at radius 2 is 1.80 bits per heavy atom. The third-order valence-electron chi connectivity index (χ3n) is 4.29. The SMILES string of the molecule is Cn1c(-c2cccc(CBr)c2)cc2onc(-c3ccccc3)c2c1=O. The maximum atomic E-state index is 13.0. The van der Waals surface area contributed by atoms with E-state index in [-0.39, 0.29) is 5.56 Å². The van der Waals surface area contributed by atoms with Crippen molar-refractivity contribution in [3.8, 4) is 22.5 Å². The normalized spacial score (nSPS) is 11.1. The fourth-order valence-corrected chi connectivity index (χ4v) is 3.34. The van der Waals surface area contributed by atoms with Crippen molar-refractivity contribution < 1.29 is 4.52 Å². The van der Waals surface area contributed by atoms with Gasteiger partial charge < -0.3 is 9.09 Å². The Labute approximate surface area is 152 Å². The molecule has 2 aromatic heterocycles. The molecule has 0 atom stereocenters. The van der Waals surface area contributed by atoms with Gasteiger partial charge in [-0.05, 0) is 17.2 Å². The average molecular weight is 395 g/mol. The zero-order valence-electron chi connectivity index (χ0n) is 13.6. The van der Waals surface area contributed by atoms with E-state index in [0.717, 1.165) is 27.7 Å². The van der Waals surface area contributed by atoms with Crippen LogP contribution in [0.4, 0.5) is 0 Å². The van der Waals surface area contributed by atoms with Gasteiger partial charge in [-0.3, -0.25) is 4.79 Å². The summed E-state index contributed by atoms with van der Waals surface area (Å²) in [5.41, 5.74) is 4.75. The first-order valence-corrected chi connectivity index (χ1v) is 9.01. The zero-order chi connectivity index (χ0) is 17.4. The Morgan fingerprint density at radius 1 is 1.04 bits per heavy atom. The van der Waals surface area contributed by atoms with Crippen LogP contribution in [0.5, 0.6) is 0 Å². The van der Waals surface area contributed by atoms with Gasteiger partial charge in [0.15, 0.2) is 5.58 Å². The van der Waals surface area contributed by atoms with E-state index in [1.807, 2.05) is 54.6 Å². The van der Waals surface area contributed by atoms with Gasteiger partial charge in [0.05, 0.1) is 5.69 Å². The highest BCUT2D eigenvalue weighted by Crippen LogP contribution is 2.29. The molecule has 0 aliphatic heterocycles. The summed E-state index contributed by atoms with van der Waals surface area (Å²) in [5.74, 6) is 0. The van der Waals surface area contributed by atoms with Gasteiger partial charge in [-0.2, -0.15) is 0 Å². The van der Waals surface area contributed by atoms with Crippen LogP contribution in [0.1, 0.15) is 5.56 Å². The van der Waals surface area contributed by atoms with Crippen molar-refractivity contribution >= 4 is 26.9 Å². The minimum absolute atomic E-state index is 0.114. The molecule has 0 aliphatic carbocycles. The summed E-state index contributed by atoms with van der Waals surface area (Å²) in [5, 5.41) is 5.41. The minimum atomic E-state index is -0.114. The van der Waals surface area contributed by atoms with Crippen LogP contribution in [0.2, 0.25) is 0 Å². The number of nitrogens with zero attached hydrogens (tertiary/aromatic N) is 2. The maximum absolute atomic E-state index is 13.0. The molecule has 0 amide bonds. The summed E-state index contributed by atoms with van der Waals surface area (Å²) in [4.78, 5) is 13.0. The Hall–Kier alpha value is -2.66. The molecule has 0 bridgehead atoms. The number of halogens is 1. The molecule has 0 aliphatic rings. The van der Waals surface area contributed by atoms with E-state index < -0.39 is 0 Å². The second kappa shape index (κ2) is 6.33. The number of pyridine rings is 1. The summed E-state index contributed by atoms with van der Waals surface area (Å²) >= 11 is 3.47. The number of alkyl halides is 1. The molecule has 5 heteroatoms. The smallest absolute Gasteiger partial charge is 0.264 e. The van der Waals surface area contributed by atoms with Crippen LogP contribution in [0.25, 0.3) is 33.5 Å². The van der Waals surface area contributed by atoms with Crippen LogP contribution in [0, 0.1) is 0 Å². The minimum Gasteiger partial charge on any atom is -0.355 e. The lowest BCUT2D eigenvalue weighted by atomic mass is 10.1. The molecule has 0 spiro atoms. The van der Waals surface area contributed by atoms with Gasteiger partial charge in [0.1, 0.15) is 11.1 Å². The Morgan fingerprint density at radius 3 is 2.56 bits per heavy atom. The van der Waals surface area contributed by atoms with Crippen LogP contribution in [0.15, 0.2) is 70.0 Å². The second-order valence-corrected chi connectivity index (χ2v) is 6.42. The van der Waals surface area contributed by atoms with E-state index in [1.165, 1.54) is 0 Å². The number of benzene rings is 2. The monoisotopic (exact) mass is 394 g/mol. The van der Waals surface area contributed by atoms with Crippen molar-refractivity contribution in [1.29, 1.82) is 0 Å². The predicted octanol–water partition coefficient (Wildman–Crippen LogP) is 4.76. The van der Waals surface area contributed by atoms with Crippen molar-refractivity contribution in [3.63, 3.8) is 0 Å². The van der Waals surface area contributed by atoms with Crippen molar-refractivity contribution in [1.82, 2.24) is 9.72 Å². The molecule has 4 aromatic rings. The predicted molar refractivity (Wildman–Crippen MR) is 103 cm³/mol. The fraction of sp³-hybridized carbons (Fsp3) is 0.100. The van der Waals surface area contributed by atoms with E-state index in [9.17, 15) is 4.79 Å². The van der Waals surface area contributed by atoms with E-state index in [4.69, 9.17) is 4.52 Å².